The van der Waals surface area contributed by atoms with E-state index in [1.165, 1.54) is 83.5 Å². The summed E-state index contributed by atoms with van der Waals surface area (Å²) in [4.78, 5) is 34.2. The standard InChI is InChI=1S/C30H59O8P/c1-4-7-9-11-13-14-15-16-17-19-21-23-25-30(32)38-28(27-37-39(33,34)36-6-3)26-35-29(31)24-22-20-18-12-10-8-5-2/h28H,4-27H2,1-3H3,(H,33,34)/t28-/m1/s1. The van der Waals surface area contributed by atoms with Gasteiger partial charge in [0.2, 0.25) is 0 Å². The first-order chi connectivity index (χ1) is 18.8. The second-order valence-electron chi connectivity index (χ2n) is 10.5. The van der Waals surface area contributed by atoms with Gasteiger partial charge >= 0.3 is 19.8 Å². The molecule has 0 aliphatic carbocycles. The average Bonchev–Trinajstić information content (AvgIpc) is 2.90. The van der Waals surface area contributed by atoms with Crippen molar-refractivity contribution in [2.75, 3.05) is 19.8 Å². The Morgan fingerprint density at radius 3 is 1.44 bits per heavy atom. The molecule has 0 rings (SSSR count). The number of phosphoric ester groups is 1. The van der Waals surface area contributed by atoms with Crippen molar-refractivity contribution in [1.82, 2.24) is 0 Å². The third-order valence-electron chi connectivity index (χ3n) is 6.66. The molecule has 39 heavy (non-hydrogen) atoms. The van der Waals surface area contributed by atoms with Crippen molar-refractivity contribution < 1.29 is 37.6 Å². The van der Waals surface area contributed by atoms with Crippen LogP contribution in [-0.2, 0) is 32.7 Å². The van der Waals surface area contributed by atoms with Gasteiger partial charge in [-0.15, -0.1) is 0 Å². The molecule has 9 heteroatoms. The number of hydrogen-bond acceptors (Lipinski definition) is 7. The molecule has 0 aliphatic heterocycles. The minimum absolute atomic E-state index is 0.00458. The molecular weight excluding hydrogens is 519 g/mol. The van der Waals surface area contributed by atoms with Crippen molar-refractivity contribution in [2.24, 2.45) is 0 Å². The van der Waals surface area contributed by atoms with Gasteiger partial charge in [-0.05, 0) is 19.8 Å². The number of esters is 2. The van der Waals surface area contributed by atoms with Crippen LogP contribution in [-0.4, -0.2) is 42.8 Å². The third kappa shape index (κ3) is 27.0. The highest BCUT2D eigenvalue weighted by atomic mass is 31.2. The van der Waals surface area contributed by atoms with Gasteiger partial charge in [-0.3, -0.25) is 18.6 Å². The quantitative estimate of drug-likeness (QED) is 0.0533. The second kappa shape index (κ2) is 27.2. The second-order valence-corrected chi connectivity index (χ2v) is 11.9. The fourth-order valence-electron chi connectivity index (χ4n) is 4.33. The number of unbranched alkanes of at least 4 members (excludes halogenated alkanes) is 17. The molecule has 2 atom stereocenters. The molecular formula is C30H59O8P. The lowest BCUT2D eigenvalue weighted by Gasteiger charge is -2.19. The summed E-state index contributed by atoms with van der Waals surface area (Å²) < 4.78 is 32.2. The Labute approximate surface area is 238 Å². The highest BCUT2D eigenvalue weighted by Crippen LogP contribution is 2.43. The van der Waals surface area contributed by atoms with Crippen LogP contribution in [0.1, 0.15) is 156 Å². The minimum Gasteiger partial charge on any atom is -0.462 e. The molecule has 232 valence electrons. The minimum atomic E-state index is -4.25. The number of ether oxygens (including phenoxy) is 2. The zero-order valence-electron chi connectivity index (χ0n) is 25.3. The van der Waals surface area contributed by atoms with Crippen LogP contribution in [0.3, 0.4) is 0 Å². The average molecular weight is 579 g/mol. The molecule has 0 fully saturated rings. The zero-order chi connectivity index (χ0) is 29.0. The first-order valence-electron chi connectivity index (χ1n) is 15.8. The van der Waals surface area contributed by atoms with E-state index in [1.807, 2.05) is 0 Å². The largest absolute Gasteiger partial charge is 0.472 e. The molecule has 0 saturated heterocycles. The number of carbonyl (C=O) groups excluding carboxylic acids is 2. The lowest BCUT2D eigenvalue weighted by molar-refractivity contribution is -0.161. The van der Waals surface area contributed by atoms with Crippen molar-refractivity contribution >= 4 is 19.8 Å². The monoisotopic (exact) mass is 578 g/mol. The lowest BCUT2D eigenvalue weighted by atomic mass is 10.0. The molecule has 0 aromatic rings. The van der Waals surface area contributed by atoms with Gasteiger partial charge in [-0.1, -0.05) is 123 Å². The molecule has 0 aromatic carbocycles. The molecule has 0 spiro atoms. The maximum absolute atomic E-state index is 12.4. The van der Waals surface area contributed by atoms with Crippen molar-refractivity contribution in [3.63, 3.8) is 0 Å². The van der Waals surface area contributed by atoms with Crippen molar-refractivity contribution in [1.29, 1.82) is 0 Å². The van der Waals surface area contributed by atoms with Gasteiger partial charge in [-0.2, -0.15) is 0 Å². The summed E-state index contributed by atoms with van der Waals surface area (Å²) in [6.45, 7) is 5.39. The molecule has 0 radical (unpaired) electrons. The van der Waals surface area contributed by atoms with E-state index in [9.17, 15) is 19.0 Å². The van der Waals surface area contributed by atoms with Crippen LogP contribution in [0.4, 0.5) is 0 Å². The predicted molar refractivity (Wildman–Crippen MR) is 157 cm³/mol. The topological polar surface area (TPSA) is 108 Å². The van der Waals surface area contributed by atoms with Gasteiger partial charge in [0.1, 0.15) is 6.61 Å². The molecule has 0 aliphatic rings. The third-order valence-corrected chi connectivity index (χ3v) is 7.72. The molecule has 0 heterocycles. The molecule has 1 unspecified atom stereocenters. The van der Waals surface area contributed by atoms with Gasteiger partial charge in [-0.25, -0.2) is 4.57 Å². The summed E-state index contributed by atoms with van der Waals surface area (Å²) in [6, 6.07) is 0. The molecule has 1 N–H and O–H groups in total. The first-order valence-corrected chi connectivity index (χ1v) is 17.3. The highest BCUT2D eigenvalue weighted by Gasteiger charge is 2.25. The number of phosphoric acid groups is 1. The van der Waals surface area contributed by atoms with Crippen LogP contribution in [0.2, 0.25) is 0 Å². The van der Waals surface area contributed by atoms with Crippen LogP contribution >= 0.6 is 7.82 Å². The lowest BCUT2D eigenvalue weighted by Crippen LogP contribution is -2.29. The number of hydrogen-bond donors (Lipinski definition) is 1. The summed E-state index contributed by atoms with van der Waals surface area (Å²) in [5, 5.41) is 0. The Hall–Kier alpha value is -0.950. The Morgan fingerprint density at radius 2 is 1.00 bits per heavy atom. The van der Waals surface area contributed by atoms with E-state index in [2.05, 4.69) is 13.8 Å². The summed E-state index contributed by atoms with van der Waals surface area (Å²) in [5.41, 5.74) is 0. The van der Waals surface area contributed by atoms with Crippen molar-refractivity contribution in [3.05, 3.63) is 0 Å². The summed E-state index contributed by atoms with van der Waals surface area (Å²) >= 11 is 0. The smallest absolute Gasteiger partial charge is 0.462 e. The van der Waals surface area contributed by atoms with Crippen LogP contribution < -0.4 is 0 Å². The maximum Gasteiger partial charge on any atom is 0.472 e. The fourth-order valence-corrected chi connectivity index (χ4v) is 5.09. The van der Waals surface area contributed by atoms with E-state index in [0.29, 0.717) is 6.42 Å². The van der Waals surface area contributed by atoms with Crippen molar-refractivity contribution in [3.8, 4) is 0 Å². The van der Waals surface area contributed by atoms with Crippen molar-refractivity contribution in [2.45, 2.75) is 162 Å². The normalized spacial score (nSPS) is 13.6. The number of rotatable bonds is 29. The SMILES string of the molecule is CCCCCCCCCCCCCCC(=O)O[C@H](COC(=O)CCCCCCCCC)COP(=O)(O)OCC. The summed E-state index contributed by atoms with van der Waals surface area (Å²) in [6.07, 6.45) is 21.7. The molecule has 0 aromatic heterocycles. The van der Waals surface area contributed by atoms with Crippen LogP contribution in [0.5, 0.6) is 0 Å². The molecule has 0 amide bonds. The molecule has 0 bridgehead atoms. The highest BCUT2D eigenvalue weighted by molar-refractivity contribution is 7.47. The van der Waals surface area contributed by atoms with E-state index >= 15 is 0 Å². The van der Waals surface area contributed by atoms with Crippen LogP contribution in [0.25, 0.3) is 0 Å². The van der Waals surface area contributed by atoms with Crippen LogP contribution in [0.15, 0.2) is 0 Å². The first kappa shape index (κ1) is 38.0. The summed E-state index contributed by atoms with van der Waals surface area (Å²) in [7, 11) is -4.25. The Balaban J connectivity index is 4.21. The molecule has 0 saturated carbocycles. The zero-order valence-corrected chi connectivity index (χ0v) is 26.2. The molecule has 8 nitrogen and oxygen atoms in total. The Kier molecular flexibility index (Phi) is 26.6. The van der Waals surface area contributed by atoms with Gasteiger partial charge in [0.05, 0.1) is 13.2 Å². The van der Waals surface area contributed by atoms with Gasteiger partial charge in [0.15, 0.2) is 6.10 Å². The van der Waals surface area contributed by atoms with Gasteiger partial charge < -0.3 is 14.4 Å². The van der Waals surface area contributed by atoms with E-state index in [4.69, 9.17) is 18.5 Å². The maximum atomic E-state index is 12.4. The Morgan fingerprint density at radius 1 is 0.590 bits per heavy atom. The fraction of sp³-hybridized carbons (Fsp3) is 0.933. The predicted octanol–water partition coefficient (Wildman–Crippen LogP) is 8.83. The van der Waals surface area contributed by atoms with E-state index < -0.39 is 19.9 Å². The summed E-state index contributed by atoms with van der Waals surface area (Å²) in [5.74, 6) is -0.800. The van der Waals surface area contributed by atoms with E-state index in [0.717, 1.165) is 38.5 Å². The Bertz CT molecular complexity index is 628. The van der Waals surface area contributed by atoms with E-state index in [1.54, 1.807) is 6.92 Å². The van der Waals surface area contributed by atoms with E-state index in [-0.39, 0.29) is 32.2 Å². The van der Waals surface area contributed by atoms with Gasteiger partial charge in [0, 0.05) is 12.8 Å². The van der Waals surface area contributed by atoms with Crippen LogP contribution in [0, 0.1) is 0 Å². The van der Waals surface area contributed by atoms with Gasteiger partial charge in [0.25, 0.3) is 0 Å². The number of carbonyl (C=O) groups is 2.